The van der Waals surface area contributed by atoms with E-state index in [-0.39, 0.29) is 0 Å². The lowest BCUT2D eigenvalue weighted by Crippen LogP contribution is -2.44. The van der Waals surface area contributed by atoms with E-state index in [1.54, 1.807) is 19.4 Å². The molecule has 33 heavy (non-hydrogen) atoms. The quantitative estimate of drug-likeness (QED) is 0.662. The first kappa shape index (κ1) is 22.6. The number of allylic oxidation sites excluding steroid dienone is 4. The molecule has 1 aliphatic carbocycles. The summed E-state index contributed by atoms with van der Waals surface area (Å²) in [4.78, 5) is 14.0. The van der Waals surface area contributed by atoms with E-state index in [4.69, 9.17) is 15.5 Å². The van der Waals surface area contributed by atoms with E-state index in [9.17, 15) is 0 Å². The molecule has 1 aromatic carbocycles. The molecule has 7 nitrogen and oxygen atoms in total. The lowest BCUT2D eigenvalue weighted by Gasteiger charge is -2.34. The van der Waals surface area contributed by atoms with Gasteiger partial charge in [0.25, 0.3) is 0 Å². The molecular weight excluding hydrogens is 412 g/mol. The van der Waals surface area contributed by atoms with E-state index >= 15 is 0 Å². The maximum absolute atomic E-state index is 6.01. The Bertz CT molecular complexity index is 1110. The summed E-state index contributed by atoms with van der Waals surface area (Å²) in [6, 6.07) is 6.19. The maximum Gasteiger partial charge on any atom is 0.227 e. The number of nitrogens with one attached hydrogen (secondary N) is 1. The summed E-state index contributed by atoms with van der Waals surface area (Å²) >= 11 is 0. The van der Waals surface area contributed by atoms with Crippen LogP contribution in [0.5, 0.6) is 5.75 Å². The minimum atomic E-state index is 0.474. The molecule has 1 fully saturated rings. The van der Waals surface area contributed by atoms with Crippen molar-refractivity contribution < 1.29 is 4.74 Å². The molecule has 1 aliphatic heterocycles. The van der Waals surface area contributed by atoms with Crippen molar-refractivity contribution in [3.63, 3.8) is 0 Å². The molecule has 7 heteroatoms. The topological polar surface area (TPSA) is 79.5 Å². The number of methoxy groups -OCH3 is 1. The number of ether oxygens (including phenoxy) is 1. The van der Waals surface area contributed by atoms with Crippen LogP contribution in [0.3, 0.4) is 0 Å². The summed E-state index contributed by atoms with van der Waals surface area (Å²) in [7, 11) is 3.83. The lowest BCUT2D eigenvalue weighted by atomic mass is 9.93. The average Bonchev–Trinajstić information content (AvgIpc) is 2.84. The van der Waals surface area contributed by atoms with Gasteiger partial charge in [0.05, 0.1) is 18.5 Å². The number of rotatable bonds is 7. The third-order valence-electron chi connectivity index (χ3n) is 6.15. The number of aromatic nitrogens is 2. The van der Waals surface area contributed by atoms with Gasteiger partial charge in [-0.3, -0.25) is 0 Å². The van der Waals surface area contributed by atoms with Gasteiger partial charge in [0.1, 0.15) is 5.75 Å². The number of hydrogen-bond acceptors (Lipinski definition) is 7. The second kappa shape index (κ2) is 9.92. The van der Waals surface area contributed by atoms with Gasteiger partial charge in [0, 0.05) is 55.4 Å². The SMILES string of the molecule is C=Cc1cnc(Nc2ccc(N3CCN(C)CC3)cc2OC)nc1C(=C)C1=CC(N)=CCC1. The molecular formula is C26H32N6O. The Hall–Kier alpha value is -3.58. The summed E-state index contributed by atoms with van der Waals surface area (Å²) in [6.45, 7) is 12.3. The van der Waals surface area contributed by atoms with Crippen LogP contribution in [0.25, 0.3) is 11.6 Å². The smallest absolute Gasteiger partial charge is 0.227 e. The molecule has 2 aromatic rings. The van der Waals surface area contributed by atoms with Gasteiger partial charge in [0.15, 0.2) is 0 Å². The van der Waals surface area contributed by atoms with Crippen molar-refractivity contribution in [1.29, 1.82) is 0 Å². The van der Waals surface area contributed by atoms with Gasteiger partial charge in [-0.25, -0.2) is 9.97 Å². The van der Waals surface area contributed by atoms with E-state index in [1.807, 2.05) is 18.2 Å². The van der Waals surface area contributed by atoms with Crippen LogP contribution in [0, 0.1) is 0 Å². The van der Waals surface area contributed by atoms with E-state index in [0.717, 1.165) is 84.2 Å². The highest BCUT2D eigenvalue weighted by Gasteiger charge is 2.18. The predicted octanol–water partition coefficient (Wildman–Crippen LogP) is 4.20. The highest BCUT2D eigenvalue weighted by molar-refractivity contribution is 5.81. The first-order valence-corrected chi connectivity index (χ1v) is 11.2. The van der Waals surface area contributed by atoms with Crippen molar-refractivity contribution >= 4 is 29.0 Å². The van der Waals surface area contributed by atoms with E-state index < -0.39 is 0 Å². The van der Waals surface area contributed by atoms with E-state index in [1.165, 1.54) is 0 Å². The molecule has 3 N–H and O–H groups in total. The molecule has 1 aromatic heterocycles. The van der Waals surface area contributed by atoms with Crippen molar-refractivity contribution in [2.75, 3.05) is 50.6 Å². The number of hydrogen-bond donors (Lipinski definition) is 2. The van der Waals surface area contributed by atoms with E-state index in [0.29, 0.717) is 5.95 Å². The standard InChI is InChI=1S/C26H32N6O/c1-5-19-17-28-26(30-25(19)18(2)20-7-6-8-21(27)15-20)29-23-10-9-22(16-24(23)33-4)32-13-11-31(3)12-14-32/h5,8-10,15-17H,1-2,6-7,11-14,27H2,3-4H3,(H,28,29,30). The van der Waals surface area contributed by atoms with Crippen LogP contribution in [-0.2, 0) is 0 Å². The van der Waals surface area contributed by atoms with Crippen molar-refractivity contribution in [2.45, 2.75) is 12.8 Å². The van der Waals surface area contributed by atoms with Crippen molar-refractivity contribution in [2.24, 2.45) is 5.73 Å². The van der Waals surface area contributed by atoms with Crippen LogP contribution in [0.15, 0.2) is 61.0 Å². The molecule has 0 saturated carbocycles. The van der Waals surface area contributed by atoms with Crippen LogP contribution < -0.4 is 20.7 Å². The average molecular weight is 445 g/mol. The highest BCUT2D eigenvalue weighted by atomic mass is 16.5. The number of likely N-dealkylation sites (N-methyl/N-ethyl adjacent to an activating group) is 1. The second-order valence-corrected chi connectivity index (χ2v) is 8.39. The predicted molar refractivity (Wildman–Crippen MR) is 137 cm³/mol. The lowest BCUT2D eigenvalue weighted by molar-refractivity contribution is 0.312. The Balaban J connectivity index is 1.59. The fourth-order valence-electron chi connectivity index (χ4n) is 4.12. The minimum absolute atomic E-state index is 0.474. The third-order valence-corrected chi connectivity index (χ3v) is 6.15. The molecule has 172 valence electrons. The van der Waals surface area contributed by atoms with Crippen molar-refractivity contribution in [1.82, 2.24) is 14.9 Å². The van der Waals surface area contributed by atoms with Gasteiger partial charge >= 0.3 is 0 Å². The fourth-order valence-corrected chi connectivity index (χ4v) is 4.12. The summed E-state index contributed by atoms with van der Waals surface area (Å²) in [5.41, 5.74) is 12.2. The zero-order valence-electron chi connectivity index (χ0n) is 19.5. The van der Waals surface area contributed by atoms with E-state index in [2.05, 4.69) is 52.4 Å². The van der Waals surface area contributed by atoms with Crippen LogP contribution >= 0.6 is 0 Å². The van der Waals surface area contributed by atoms with Crippen molar-refractivity contribution in [3.05, 3.63) is 72.2 Å². The molecule has 2 heterocycles. The van der Waals surface area contributed by atoms with Gasteiger partial charge in [0.2, 0.25) is 5.95 Å². The molecule has 0 bridgehead atoms. The molecule has 0 amide bonds. The molecule has 2 aliphatic rings. The number of nitrogens with zero attached hydrogens (tertiary/aromatic N) is 4. The van der Waals surface area contributed by atoms with Crippen LogP contribution in [0.2, 0.25) is 0 Å². The maximum atomic E-state index is 6.01. The third kappa shape index (κ3) is 5.09. The Kier molecular flexibility index (Phi) is 6.79. The van der Waals surface area contributed by atoms with Crippen LogP contribution in [0.4, 0.5) is 17.3 Å². The minimum Gasteiger partial charge on any atom is -0.494 e. The zero-order valence-corrected chi connectivity index (χ0v) is 19.5. The first-order chi connectivity index (χ1) is 16.0. The molecule has 1 saturated heterocycles. The Morgan fingerprint density at radius 2 is 2.03 bits per heavy atom. The summed E-state index contributed by atoms with van der Waals surface area (Å²) < 4.78 is 5.68. The van der Waals surface area contributed by atoms with Crippen LogP contribution in [0.1, 0.15) is 24.1 Å². The molecule has 0 atom stereocenters. The number of anilines is 3. The van der Waals surface area contributed by atoms with Gasteiger partial charge in [-0.2, -0.15) is 0 Å². The van der Waals surface area contributed by atoms with Gasteiger partial charge < -0.3 is 25.6 Å². The largest absolute Gasteiger partial charge is 0.494 e. The summed E-state index contributed by atoms with van der Waals surface area (Å²) in [6.07, 6.45) is 9.27. The first-order valence-electron chi connectivity index (χ1n) is 11.2. The molecule has 4 rings (SSSR count). The van der Waals surface area contributed by atoms with Gasteiger partial charge in [-0.1, -0.05) is 25.3 Å². The van der Waals surface area contributed by atoms with Gasteiger partial charge in [-0.05, 0) is 49.2 Å². The van der Waals surface area contributed by atoms with Gasteiger partial charge in [-0.15, -0.1) is 0 Å². The molecule has 0 spiro atoms. The van der Waals surface area contributed by atoms with Crippen LogP contribution in [-0.4, -0.2) is 55.2 Å². The Morgan fingerprint density at radius 1 is 1.24 bits per heavy atom. The zero-order chi connectivity index (χ0) is 23.4. The fraction of sp³-hybridized carbons (Fsp3) is 0.308. The second-order valence-electron chi connectivity index (χ2n) is 8.39. The number of benzene rings is 1. The van der Waals surface area contributed by atoms with Crippen molar-refractivity contribution in [3.8, 4) is 5.75 Å². The number of piperazine rings is 1. The normalized spacial score (nSPS) is 16.6. The Labute approximate surface area is 196 Å². The summed E-state index contributed by atoms with van der Waals surface area (Å²) in [5.74, 6) is 1.22. The monoisotopic (exact) mass is 444 g/mol. The Morgan fingerprint density at radius 3 is 2.73 bits per heavy atom. The number of nitrogens with two attached hydrogens (primary N) is 1. The molecule has 0 unspecified atom stereocenters. The summed E-state index contributed by atoms with van der Waals surface area (Å²) in [5, 5.41) is 3.31. The highest BCUT2D eigenvalue weighted by Crippen LogP contribution is 2.33. The molecule has 0 radical (unpaired) electrons.